The molecule has 2 heterocycles. The van der Waals surface area contributed by atoms with Gasteiger partial charge in [-0.2, -0.15) is 0 Å². The Balaban J connectivity index is 1.97. The van der Waals surface area contributed by atoms with Gasteiger partial charge >= 0.3 is 0 Å². The molecule has 6 nitrogen and oxygen atoms in total. The number of aromatic amines is 1. The third-order valence-electron chi connectivity index (χ3n) is 3.78. The van der Waals surface area contributed by atoms with Gasteiger partial charge in [0.05, 0.1) is 13.2 Å². The molecule has 0 bridgehead atoms. The smallest absolute Gasteiger partial charge is 0.261 e. The number of ether oxygens (including phenoxy) is 1. The predicted molar refractivity (Wildman–Crippen MR) is 71.1 cm³/mol. The van der Waals surface area contributed by atoms with Gasteiger partial charge in [-0.05, 0) is 18.9 Å². The van der Waals surface area contributed by atoms with E-state index >= 15 is 0 Å². The average Bonchev–Trinajstić information content (AvgIpc) is 2.47. The van der Waals surface area contributed by atoms with E-state index in [9.17, 15) is 14.4 Å². The van der Waals surface area contributed by atoms with E-state index in [0.717, 1.165) is 6.42 Å². The van der Waals surface area contributed by atoms with E-state index in [2.05, 4.69) is 4.98 Å². The average molecular weight is 276 g/mol. The number of morpholine rings is 1. The second kappa shape index (κ2) is 5.20. The molecule has 1 fully saturated rings. The SMILES string of the molecule is O=C1CCCc2[nH]c(=O)c(C(=O)N3CCOCC3)cc21. The summed E-state index contributed by atoms with van der Waals surface area (Å²) in [5.41, 5.74) is 0.799. The molecule has 0 unspecified atom stereocenters. The number of nitrogens with zero attached hydrogens (tertiary/aromatic N) is 1. The van der Waals surface area contributed by atoms with Crippen molar-refractivity contribution in [1.29, 1.82) is 0 Å². The van der Waals surface area contributed by atoms with Crippen LogP contribution in [0.25, 0.3) is 0 Å². The van der Waals surface area contributed by atoms with Gasteiger partial charge < -0.3 is 14.6 Å². The molecule has 1 N–H and O–H groups in total. The molecule has 1 aliphatic heterocycles. The highest BCUT2D eigenvalue weighted by molar-refractivity contribution is 6.01. The number of aryl methyl sites for hydroxylation is 1. The Morgan fingerprint density at radius 1 is 1.20 bits per heavy atom. The van der Waals surface area contributed by atoms with Crippen LogP contribution in [0.4, 0.5) is 0 Å². The van der Waals surface area contributed by atoms with Crippen LogP contribution in [0.15, 0.2) is 10.9 Å². The van der Waals surface area contributed by atoms with E-state index in [1.807, 2.05) is 0 Å². The number of hydrogen-bond acceptors (Lipinski definition) is 4. The van der Waals surface area contributed by atoms with Crippen molar-refractivity contribution >= 4 is 11.7 Å². The summed E-state index contributed by atoms with van der Waals surface area (Å²) in [4.78, 5) is 40.6. The molecule has 106 valence electrons. The molecule has 1 saturated heterocycles. The van der Waals surface area contributed by atoms with Gasteiger partial charge in [-0.1, -0.05) is 0 Å². The molecule has 1 aliphatic carbocycles. The fourth-order valence-electron chi connectivity index (χ4n) is 2.67. The monoisotopic (exact) mass is 276 g/mol. The number of carbonyl (C=O) groups is 2. The zero-order valence-corrected chi connectivity index (χ0v) is 11.1. The maximum atomic E-state index is 12.4. The third kappa shape index (κ3) is 2.27. The Morgan fingerprint density at radius 3 is 2.70 bits per heavy atom. The maximum Gasteiger partial charge on any atom is 0.261 e. The van der Waals surface area contributed by atoms with Crippen LogP contribution >= 0.6 is 0 Å². The Kier molecular flexibility index (Phi) is 3.40. The third-order valence-corrected chi connectivity index (χ3v) is 3.78. The van der Waals surface area contributed by atoms with Crippen molar-refractivity contribution in [3.05, 3.63) is 33.2 Å². The minimum Gasteiger partial charge on any atom is -0.378 e. The van der Waals surface area contributed by atoms with Crippen molar-refractivity contribution in [1.82, 2.24) is 9.88 Å². The first kappa shape index (κ1) is 13.1. The molecule has 0 spiro atoms. The Labute approximate surface area is 115 Å². The number of pyridine rings is 1. The second-order valence-electron chi connectivity index (χ2n) is 5.09. The number of carbonyl (C=O) groups excluding carboxylic acids is 2. The van der Waals surface area contributed by atoms with Crippen molar-refractivity contribution in [2.24, 2.45) is 0 Å². The highest BCUT2D eigenvalue weighted by Crippen LogP contribution is 2.19. The molecule has 3 rings (SSSR count). The van der Waals surface area contributed by atoms with E-state index in [1.165, 1.54) is 6.07 Å². The van der Waals surface area contributed by atoms with Crippen LogP contribution in [-0.4, -0.2) is 47.9 Å². The first-order chi connectivity index (χ1) is 9.66. The number of rotatable bonds is 1. The minimum absolute atomic E-state index is 0.00136. The number of H-pyrrole nitrogens is 1. The van der Waals surface area contributed by atoms with Gasteiger partial charge in [0.15, 0.2) is 5.78 Å². The number of ketones is 1. The normalized spacial score (nSPS) is 18.8. The molecule has 0 aromatic carbocycles. The van der Waals surface area contributed by atoms with Crippen LogP contribution in [0.1, 0.15) is 39.3 Å². The largest absolute Gasteiger partial charge is 0.378 e. The lowest BCUT2D eigenvalue weighted by Crippen LogP contribution is -2.42. The van der Waals surface area contributed by atoms with Crippen LogP contribution in [0, 0.1) is 0 Å². The second-order valence-corrected chi connectivity index (χ2v) is 5.09. The number of hydrogen-bond donors (Lipinski definition) is 1. The molecule has 0 radical (unpaired) electrons. The lowest BCUT2D eigenvalue weighted by Gasteiger charge is -2.27. The van der Waals surface area contributed by atoms with Gasteiger partial charge in [-0.25, -0.2) is 0 Å². The summed E-state index contributed by atoms with van der Waals surface area (Å²) in [5.74, 6) is -0.325. The highest BCUT2D eigenvalue weighted by Gasteiger charge is 2.25. The van der Waals surface area contributed by atoms with Gasteiger partial charge in [0.2, 0.25) is 0 Å². The summed E-state index contributed by atoms with van der Waals surface area (Å²) in [6.45, 7) is 1.91. The molecular formula is C14H16N2O4. The fourth-order valence-corrected chi connectivity index (χ4v) is 2.67. The Morgan fingerprint density at radius 2 is 1.95 bits per heavy atom. The quantitative estimate of drug-likeness (QED) is 0.803. The number of amides is 1. The van der Waals surface area contributed by atoms with Gasteiger partial charge in [0.25, 0.3) is 11.5 Å². The highest BCUT2D eigenvalue weighted by atomic mass is 16.5. The molecule has 1 aromatic rings. The summed E-state index contributed by atoms with van der Waals surface area (Å²) < 4.78 is 5.19. The van der Waals surface area contributed by atoms with Crippen molar-refractivity contribution < 1.29 is 14.3 Å². The van der Waals surface area contributed by atoms with Crippen LogP contribution in [-0.2, 0) is 11.2 Å². The van der Waals surface area contributed by atoms with Gasteiger partial charge in [0, 0.05) is 30.8 Å². The van der Waals surface area contributed by atoms with Crippen molar-refractivity contribution in [2.45, 2.75) is 19.3 Å². The molecule has 20 heavy (non-hydrogen) atoms. The van der Waals surface area contributed by atoms with Crippen molar-refractivity contribution in [3.8, 4) is 0 Å². The fraction of sp³-hybridized carbons (Fsp3) is 0.500. The summed E-state index contributed by atoms with van der Waals surface area (Å²) in [6, 6.07) is 1.47. The number of fused-ring (bicyclic) bond motifs is 1. The molecule has 0 atom stereocenters. The number of nitrogens with one attached hydrogen (secondary N) is 1. The van der Waals surface area contributed by atoms with Crippen LogP contribution in [0.5, 0.6) is 0 Å². The van der Waals surface area contributed by atoms with Crippen LogP contribution in [0.3, 0.4) is 0 Å². The minimum atomic E-state index is -0.407. The van der Waals surface area contributed by atoms with Crippen LogP contribution < -0.4 is 5.56 Å². The summed E-state index contributed by atoms with van der Waals surface area (Å²) >= 11 is 0. The van der Waals surface area contributed by atoms with Gasteiger partial charge in [-0.3, -0.25) is 14.4 Å². The first-order valence-corrected chi connectivity index (χ1v) is 6.83. The molecule has 6 heteroatoms. The zero-order valence-electron chi connectivity index (χ0n) is 11.1. The number of Topliss-reactive ketones (excluding diaryl/α,β-unsaturated/α-hetero) is 1. The van der Waals surface area contributed by atoms with Gasteiger partial charge in [0.1, 0.15) is 5.56 Å². The molecule has 1 amide bonds. The van der Waals surface area contributed by atoms with Gasteiger partial charge in [-0.15, -0.1) is 0 Å². The van der Waals surface area contributed by atoms with E-state index in [4.69, 9.17) is 4.74 Å². The van der Waals surface area contributed by atoms with Crippen LogP contribution in [0.2, 0.25) is 0 Å². The summed E-state index contributed by atoms with van der Waals surface area (Å²) in [6.07, 6.45) is 1.91. The maximum absolute atomic E-state index is 12.4. The molecule has 2 aliphatic rings. The van der Waals surface area contributed by atoms with Crippen molar-refractivity contribution in [3.63, 3.8) is 0 Å². The van der Waals surface area contributed by atoms with E-state index in [-0.39, 0.29) is 17.3 Å². The topological polar surface area (TPSA) is 79.5 Å². The standard InChI is InChI=1S/C14H16N2O4/c17-12-3-1-2-11-9(12)8-10(13(18)15-11)14(19)16-4-6-20-7-5-16/h8H,1-7H2,(H,15,18). The number of aromatic nitrogens is 1. The van der Waals surface area contributed by atoms with E-state index < -0.39 is 5.56 Å². The Bertz CT molecular complexity index is 614. The first-order valence-electron chi connectivity index (χ1n) is 6.83. The van der Waals surface area contributed by atoms with E-state index in [1.54, 1.807) is 4.90 Å². The summed E-state index contributed by atoms with van der Waals surface area (Å²) in [5, 5.41) is 0. The zero-order chi connectivity index (χ0) is 14.1. The molecular weight excluding hydrogens is 260 g/mol. The van der Waals surface area contributed by atoms with E-state index in [0.29, 0.717) is 50.4 Å². The predicted octanol–water partition coefficient (Wildman–Crippen LogP) is 0.366. The Hall–Kier alpha value is -1.95. The molecule has 1 aromatic heterocycles. The summed E-state index contributed by atoms with van der Waals surface area (Å²) in [7, 11) is 0. The lowest BCUT2D eigenvalue weighted by atomic mass is 9.93. The lowest BCUT2D eigenvalue weighted by molar-refractivity contribution is 0.0301. The van der Waals surface area contributed by atoms with Crippen molar-refractivity contribution in [2.75, 3.05) is 26.3 Å². The molecule has 0 saturated carbocycles.